The molecule has 0 aromatic rings. The van der Waals surface area contributed by atoms with E-state index in [0.29, 0.717) is 0 Å². The quantitative estimate of drug-likeness (QED) is 0.745. The first-order chi connectivity index (χ1) is 6.31. The molecule has 0 aliphatic rings. The fraction of sp³-hybridized carbons (Fsp3) is 1.00. The average molecular weight is 216 g/mol. The molecule has 0 aromatic heterocycles. The minimum Gasteiger partial charge on any atom is -0.396 e. The van der Waals surface area contributed by atoms with Crippen molar-refractivity contribution in [3.63, 3.8) is 0 Å². The SMILES string of the molecule is CC(C)(C)C(O)(C(C)(C)C)C(C)(C)CO. The Bertz CT molecular complexity index is 202. The summed E-state index contributed by atoms with van der Waals surface area (Å²) in [7, 11) is 0. The van der Waals surface area contributed by atoms with Gasteiger partial charge in [-0.1, -0.05) is 55.4 Å². The number of hydrogen-bond donors (Lipinski definition) is 2. The third-order valence-corrected chi connectivity index (χ3v) is 3.55. The predicted octanol–water partition coefficient (Wildman–Crippen LogP) is 2.83. The number of hydrogen-bond acceptors (Lipinski definition) is 2. The van der Waals surface area contributed by atoms with Crippen molar-refractivity contribution in [2.45, 2.75) is 61.0 Å². The highest BCUT2D eigenvalue weighted by molar-refractivity contribution is 5.07. The molecule has 0 spiro atoms. The first-order valence-electron chi connectivity index (χ1n) is 5.64. The maximum Gasteiger partial charge on any atom is 0.0816 e. The highest BCUT2D eigenvalue weighted by atomic mass is 16.3. The molecule has 15 heavy (non-hydrogen) atoms. The van der Waals surface area contributed by atoms with Crippen LogP contribution < -0.4 is 0 Å². The van der Waals surface area contributed by atoms with Gasteiger partial charge in [-0.3, -0.25) is 0 Å². The van der Waals surface area contributed by atoms with Crippen LogP contribution in [0.1, 0.15) is 55.4 Å². The molecule has 2 heteroatoms. The summed E-state index contributed by atoms with van der Waals surface area (Å²) >= 11 is 0. The van der Waals surface area contributed by atoms with Gasteiger partial charge in [0.2, 0.25) is 0 Å². The van der Waals surface area contributed by atoms with Crippen LogP contribution in [0.5, 0.6) is 0 Å². The van der Waals surface area contributed by atoms with E-state index in [1.165, 1.54) is 0 Å². The molecule has 0 rings (SSSR count). The van der Waals surface area contributed by atoms with Gasteiger partial charge in [0.1, 0.15) is 0 Å². The van der Waals surface area contributed by atoms with Crippen molar-refractivity contribution < 1.29 is 10.2 Å². The maximum absolute atomic E-state index is 11.1. The molecule has 0 aliphatic heterocycles. The minimum atomic E-state index is -0.929. The lowest BCUT2D eigenvalue weighted by molar-refractivity contribution is -0.219. The third kappa shape index (κ3) is 2.21. The largest absolute Gasteiger partial charge is 0.396 e. The van der Waals surface area contributed by atoms with E-state index in [0.717, 1.165) is 0 Å². The molecule has 0 fully saturated rings. The fourth-order valence-electron chi connectivity index (χ4n) is 3.27. The molecule has 0 bridgehead atoms. The number of aliphatic hydroxyl groups excluding tert-OH is 1. The molecule has 0 aromatic carbocycles. The number of aliphatic hydroxyl groups is 2. The van der Waals surface area contributed by atoms with Gasteiger partial charge in [-0.05, 0) is 10.8 Å². The Morgan fingerprint density at radius 3 is 1.07 bits per heavy atom. The minimum absolute atomic E-state index is 0.0158. The van der Waals surface area contributed by atoms with Crippen LogP contribution in [-0.2, 0) is 0 Å². The van der Waals surface area contributed by atoms with Crippen LogP contribution in [-0.4, -0.2) is 22.4 Å². The fourth-order valence-corrected chi connectivity index (χ4v) is 3.27. The molecule has 2 N–H and O–H groups in total. The highest BCUT2D eigenvalue weighted by Gasteiger charge is 2.58. The smallest absolute Gasteiger partial charge is 0.0816 e. The van der Waals surface area contributed by atoms with Crippen molar-refractivity contribution in [1.82, 2.24) is 0 Å². The summed E-state index contributed by atoms with van der Waals surface area (Å²) < 4.78 is 0. The van der Waals surface area contributed by atoms with Crippen molar-refractivity contribution in [1.29, 1.82) is 0 Å². The molecule has 2 nitrogen and oxygen atoms in total. The summed E-state index contributed by atoms with van der Waals surface area (Å²) in [6, 6.07) is 0. The van der Waals surface area contributed by atoms with Gasteiger partial charge < -0.3 is 10.2 Å². The standard InChI is InChI=1S/C13H28O2/c1-10(2,3)13(15,11(4,5)6)12(7,8)9-14/h14-15H,9H2,1-8H3. The van der Waals surface area contributed by atoms with E-state index in [1.807, 2.05) is 55.4 Å². The molecule has 0 aliphatic carbocycles. The first kappa shape index (κ1) is 14.9. The Kier molecular flexibility index (Phi) is 3.72. The van der Waals surface area contributed by atoms with Crippen molar-refractivity contribution in [2.24, 2.45) is 16.2 Å². The summed E-state index contributed by atoms with van der Waals surface area (Å²) in [6.45, 7) is 16.0. The highest BCUT2D eigenvalue weighted by Crippen LogP contribution is 2.53. The first-order valence-corrected chi connectivity index (χ1v) is 5.64. The zero-order valence-electron chi connectivity index (χ0n) is 11.6. The summed E-state index contributed by atoms with van der Waals surface area (Å²) in [6.07, 6.45) is 0. The summed E-state index contributed by atoms with van der Waals surface area (Å²) in [5.74, 6) is 0. The Morgan fingerprint density at radius 2 is 1.00 bits per heavy atom. The van der Waals surface area contributed by atoms with Crippen molar-refractivity contribution in [3.05, 3.63) is 0 Å². The molecular formula is C13H28O2. The lowest BCUT2D eigenvalue weighted by Gasteiger charge is -2.57. The van der Waals surface area contributed by atoms with E-state index in [9.17, 15) is 10.2 Å². The van der Waals surface area contributed by atoms with Gasteiger partial charge in [0.25, 0.3) is 0 Å². The number of rotatable bonds is 2. The van der Waals surface area contributed by atoms with Gasteiger partial charge in [0.15, 0.2) is 0 Å². The Balaban J connectivity index is 5.65. The third-order valence-electron chi connectivity index (χ3n) is 3.55. The molecule has 92 valence electrons. The predicted molar refractivity (Wildman–Crippen MR) is 64.7 cm³/mol. The second-order valence-corrected chi connectivity index (χ2v) is 7.25. The van der Waals surface area contributed by atoms with Gasteiger partial charge in [-0.25, -0.2) is 0 Å². The van der Waals surface area contributed by atoms with Crippen LogP contribution in [0.4, 0.5) is 0 Å². The van der Waals surface area contributed by atoms with Crippen LogP contribution in [0, 0.1) is 16.2 Å². The molecule has 0 amide bonds. The molecule has 0 saturated heterocycles. The van der Waals surface area contributed by atoms with Crippen molar-refractivity contribution >= 4 is 0 Å². The Labute approximate surface area is 94.7 Å². The van der Waals surface area contributed by atoms with Gasteiger partial charge in [0.05, 0.1) is 12.2 Å². The molecule has 0 unspecified atom stereocenters. The summed E-state index contributed by atoms with van der Waals surface area (Å²) in [4.78, 5) is 0. The Hall–Kier alpha value is -0.0800. The van der Waals surface area contributed by atoms with Gasteiger partial charge in [-0.15, -0.1) is 0 Å². The van der Waals surface area contributed by atoms with Gasteiger partial charge in [-0.2, -0.15) is 0 Å². The van der Waals surface area contributed by atoms with Gasteiger partial charge in [0, 0.05) is 5.41 Å². The lowest BCUT2D eigenvalue weighted by Crippen LogP contribution is -2.63. The topological polar surface area (TPSA) is 40.5 Å². The molecular weight excluding hydrogens is 188 g/mol. The Morgan fingerprint density at radius 1 is 0.733 bits per heavy atom. The van der Waals surface area contributed by atoms with E-state index in [2.05, 4.69) is 0 Å². The molecule has 0 atom stereocenters. The van der Waals surface area contributed by atoms with Crippen molar-refractivity contribution in [2.75, 3.05) is 6.61 Å². The zero-order valence-corrected chi connectivity index (χ0v) is 11.6. The van der Waals surface area contributed by atoms with E-state index in [-0.39, 0.29) is 17.4 Å². The second-order valence-electron chi connectivity index (χ2n) is 7.25. The summed E-state index contributed by atoms with van der Waals surface area (Å²) in [5.41, 5.74) is -2.01. The van der Waals surface area contributed by atoms with E-state index in [1.54, 1.807) is 0 Å². The molecule has 0 saturated carbocycles. The molecule has 0 heterocycles. The normalized spacial score (nSPS) is 15.6. The monoisotopic (exact) mass is 216 g/mol. The van der Waals surface area contributed by atoms with Crippen LogP contribution >= 0.6 is 0 Å². The van der Waals surface area contributed by atoms with Crippen LogP contribution in [0.15, 0.2) is 0 Å². The van der Waals surface area contributed by atoms with Crippen LogP contribution in [0.2, 0.25) is 0 Å². The zero-order chi connectivity index (χ0) is 12.7. The lowest BCUT2D eigenvalue weighted by atomic mass is 9.52. The van der Waals surface area contributed by atoms with Crippen LogP contribution in [0.25, 0.3) is 0 Å². The molecule has 0 radical (unpaired) electrons. The summed E-state index contributed by atoms with van der Waals surface area (Å²) in [5, 5.41) is 20.5. The van der Waals surface area contributed by atoms with Crippen molar-refractivity contribution in [3.8, 4) is 0 Å². The average Bonchev–Trinajstić information content (AvgIpc) is 1.98. The maximum atomic E-state index is 11.1. The van der Waals surface area contributed by atoms with E-state index in [4.69, 9.17) is 0 Å². The van der Waals surface area contributed by atoms with E-state index < -0.39 is 11.0 Å². The second kappa shape index (κ2) is 3.74. The van der Waals surface area contributed by atoms with Gasteiger partial charge >= 0.3 is 0 Å². The van der Waals surface area contributed by atoms with Crippen LogP contribution in [0.3, 0.4) is 0 Å². The van der Waals surface area contributed by atoms with E-state index >= 15 is 0 Å².